The van der Waals surface area contributed by atoms with Crippen LogP contribution in [0.2, 0.25) is 0 Å². The number of hydrogen-bond acceptors (Lipinski definition) is 4. The zero-order chi connectivity index (χ0) is 9.97. The molecule has 0 bridgehead atoms. The summed E-state index contributed by atoms with van der Waals surface area (Å²) in [6, 6.07) is 0. The van der Waals surface area contributed by atoms with Crippen LogP contribution in [0, 0.1) is 0 Å². The van der Waals surface area contributed by atoms with Crippen LogP contribution in [0.3, 0.4) is 0 Å². The van der Waals surface area contributed by atoms with E-state index in [9.17, 15) is 0 Å². The Morgan fingerprint density at radius 3 is 2.50 bits per heavy atom. The third kappa shape index (κ3) is 1.43. The average molecular weight is 188 g/mol. The Balaban J connectivity index is 2.73. The molecule has 72 valence electrons. The van der Waals surface area contributed by atoms with Crippen LogP contribution in [-0.4, -0.2) is 19.9 Å². The lowest BCUT2D eigenvalue weighted by Crippen LogP contribution is -2.01. The fourth-order valence-corrected chi connectivity index (χ4v) is 1.38. The Hall–Kier alpha value is -1.58. The predicted molar refractivity (Wildman–Crippen MR) is 53.9 cm³/mol. The van der Waals surface area contributed by atoms with Crippen molar-refractivity contribution < 1.29 is 0 Å². The van der Waals surface area contributed by atoms with Gasteiger partial charge in [0.25, 0.3) is 0 Å². The summed E-state index contributed by atoms with van der Waals surface area (Å²) in [5, 5.41) is 0. The Bertz CT molecular complexity index is 453. The number of hydrogen-bond donors (Lipinski definition) is 0. The summed E-state index contributed by atoms with van der Waals surface area (Å²) in [6.07, 6.45) is 5.04. The molecule has 14 heavy (non-hydrogen) atoms. The van der Waals surface area contributed by atoms with Gasteiger partial charge in [0.15, 0.2) is 5.65 Å². The van der Waals surface area contributed by atoms with E-state index in [-0.39, 0.29) is 0 Å². The van der Waals surface area contributed by atoms with Crippen LogP contribution in [0.1, 0.15) is 25.4 Å². The van der Waals surface area contributed by atoms with Gasteiger partial charge in [0.1, 0.15) is 11.3 Å². The molecule has 0 aromatic carbocycles. The molecule has 0 unspecified atom stereocenters. The minimum absolute atomic E-state index is 0.705. The largest absolute Gasteiger partial charge is 0.249 e. The fraction of sp³-hybridized carbons (Fsp3) is 0.400. The van der Waals surface area contributed by atoms with Crippen LogP contribution in [-0.2, 0) is 12.8 Å². The SMILES string of the molecule is CCc1nc(CC)c2nccnc2n1. The molecule has 4 heteroatoms. The highest BCUT2D eigenvalue weighted by Crippen LogP contribution is 2.11. The van der Waals surface area contributed by atoms with Gasteiger partial charge in [0, 0.05) is 18.8 Å². The van der Waals surface area contributed by atoms with E-state index < -0.39 is 0 Å². The van der Waals surface area contributed by atoms with Crippen molar-refractivity contribution >= 4 is 11.2 Å². The summed E-state index contributed by atoms with van der Waals surface area (Å²) in [6.45, 7) is 4.10. The lowest BCUT2D eigenvalue weighted by atomic mass is 10.2. The fourth-order valence-electron chi connectivity index (χ4n) is 1.38. The Labute approximate surface area is 82.5 Å². The second-order valence-electron chi connectivity index (χ2n) is 3.02. The van der Waals surface area contributed by atoms with Crippen LogP contribution < -0.4 is 0 Å². The lowest BCUT2D eigenvalue weighted by molar-refractivity contribution is 0.899. The molecular formula is C10H12N4. The topological polar surface area (TPSA) is 51.6 Å². The van der Waals surface area contributed by atoms with Gasteiger partial charge in [-0.1, -0.05) is 13.8 Å². The van der Waals surface area contributed by atoms with Gasteiger partial charge in [-0.3, -0.25) is 0 Å². The molecule has 0 aliphatic carbocycles. The maximum absolute atomic E-state index is 4.42. The molecule has 0 aliphatic rings. The van der Waals surface area contributed by atoms with E-state index in [1.54, 1.807) is 12.4 Å². The highest BCUT2D eigenvalue weighted by Gasteiger charge is 2.06. The van der Waals surface area contributed by atoms with E-state index >= 15 is 0 Å². The highest BCUT2D eigenvalue weighted by atomic mass is 15.0. The van der Waals surface area contributed by atoms with Gasteiger partial charge >= 0.3 is 0 Å². The molecule has 0 N–H and O–H groups in total. The lowest BCUT2D eigenvalue weighted by Gasteiger charge is -2.03. The van der Waals surface area contributed by atoms with Crippen molar-refractivity contribution in [2.24, 2.45) is 0 Å². The second kappa shape index (κ2) is 3.65. The van der Waals surface area contributed by atoms with Crippen LogP contribution in [0.4, 0.5) is 0 Å². The summed E-state index contributed by atoms with van der Waals surface area (Å²) >= 11 is 0. The molecule has 0 radical (unpaired) electrons. The van der Waals surface area contributed by atoms with Crippen LogP contribution in [0.15, 0.2) is 12.4 Å². The van der Waals surface area contributed by atoms with E-state index in [4.69, 9.17) is 0 Å². The third-order valence-corrected chi connectivity index (χ3v) is 2.10. The summed E-state index contributed by atoms with van der Waals surface area (Å²) in [5.41, 5.74) is 2.52. The molecule has 0 atom stereocenters. The molecule has 2 heterocycles. The Morgan fingerprint density at radius 2 is 1.79 bits per heavy atom. The number of rotatable bonds is 2. The molecule has 0 spiro atoms. The predicted octanol–water partition coefficient (Wildman–Crippen LogP) is 1.54. The molecule has 0 amide bonds. The molecule has 0 fully saturated rings. The van der Waals surface area contributed by atoms with E-state index in [2.05, 4.69) is 26.9 Å². The molecule has 2 aromatic heterocycles. The molecule has 2 aromatic rings. The highest BCUT2D eigenvalue weighted by molar-refractivity contribution is 5.71. The van der Waals surface area contributed by atoms with E-state index in [1.165, 1.54) is 0 Å². The minimum Gasteiger partial charge on any atom is -0.249 e. The van der Waals surface area contributed by atoms with Crippen LogP contribution >= 0.6 is 0 Å². The maximum atomic E-state index is 4.42. The standard InChI is InChI=1S/C10H12N4/c1-3-7-9-10(12-6-5-11-9)14-8(4-2)13-7/h5-6H,3-4H2,1-2H3. The quantitative estimate of drug-likeness (QED) is 0.717. The van der Waals surface area contributed by atoms with Gasteiger partial charge < -0.3 is 0 Å². The van der Waals surface area contributed by atoms with Crippen molar-refractivity contribution in [3.8, 4) is 0 Å². The Morgan fingerprint density at radius 1 is 1.00 bits per heavy atom. The normalized spacial score (nSPS) is 10.7. The molecule has 0 aliphatic heterocycles. The first-order chi connectivity index (χ1) is 6.85. The van der Waals surface area contributed by atoms with Crippen molar-refractivity contribution in [1.82, 2.24) is 19.9 Å². The monoisotopic (exact) mass is 188 g/mol. The zero-order valence-electron chi connectivity index (χ0n) is 8.36. The van der Waals surface area contributed by atoms with Gasteiger partial charge in [-0.2, -0.15) is 0 Å². The molecule has 4 nitrogen and oxygen atoms in total. The van der Waals surface area contributed by atoms with Crippen LogP contribution in [0.25, 0.3) is 11.2 Å². The van der Waals surface area contributed by atoms with Gasteiger partial charge in [0.05, 0.1) is 5.69 Å². The third-order valence-electron chi connectivity index (χ3n) is 2.10. The average Bonchev–Trinajstić information content (AvgIpc) is 2.27. The van der Waals surface area contributed by atoms with Gasteiger partial charge in [-0.25, -0.2) is 19.9 Å². The first-order valence-electron chi connectivity index (χ1n) is 4.81. The minimum atomic E-state index is 0.705. The number of aromatic nitrogens is 4. The van der Waals surface area contributed by atoms with Crippen molar-refractivity contribution in [3.63, 3.8) is 0 Å². The maximum Gasteiger partial charge on any atom is 0.181 e. The smallest absolute Gasteiger partial charge is 0.181 e. The Kier molecular flexibility index (Phi) is 2.35. The van der Waals surface area contributed by atoms with E-state index in [0.717, 1.165) is 29.9 Å². The summed E-state index contributed by atoms with van der Waals surface area (Å²) in [5.74, 6) is 0.842. The number of aryl methyl sites for hydroxylation is 2. The van der Waals surface area contributed by atoms with Crippen molar-refractivity contribution in [1.29, 1.82) is 0 Å². The van der Waals surface area contributed by atoms with Crippen molar-refractivity contribution in [3.05, 3.63) is 23.9 Å². The van der Waals surface area contributed by atoms with E-state index in [1.807, 2.05) is 6.92 Å². The molecule has 0 saturated carbocycles. The second-order valence-corrected chi connectivity index (χ2v) is 3.02. The zero-order valence-corrected chi connectivity index (χ0v) is 8.36. The van der Waals surface area contributed by atoms with Gasteiger partial charge in [0.2, 0.25) is 0 Å². The van der Waals surface area contributed by atoms with Crippen molar-refractivity contribution in [2.45, 2.75) is 26.7 Å². The summed E-state index contributed by atoms with van der Waals surface area (Å²) in [7, 11) is 0. The molecular weight excluding hydrogens is 176 g/mol. The van der Waals surface area contributed by atoms with Crippen molar-refractivity contribution in [2.75, 3.05) is 0 Å². The summed E-state index contributed by atoms with van der Waals surface area (Å²) < 4.78 is 0. The molecule has 0 saturated heterocycles. The van der Waals surface area contributed by atoms with Gasteiger partial charge in [-0.15, -0.1) is 0 Å². The molecule has 2 rings (SSSR count). The first-order valence-corrected chi connectivity index (χ1v) is 4.81. The van der Waals surface area contributed by atoms with E-state index in [0.29, 0.717) is 5.65 Å². The number of fused-ring (bicyclic) bond motifs is 1. The number of nitrogens with zero attached hydrogens (tertiary/aromatic N) is 4. The van der Waals surface area contributed by atoms with Gasteiger partial charge in [-0.05, 0) is 6.42 Å². The van der Waals surface area contributed by atoms with Crippen LogP contribution in [0.5, 0.6) is 0 Å². The first kappa shape index (κ1) is 8.99. The summed E-state index contributed by atoms with van der Waals surface area (Å²) in [4.78, 5) is 17.2.